The van der Waals surface area contributed by atoms with Gasteiger partial charge in [0.25, 0.3) is 0 Å². The van der Waals surface area contributed by atoms with Gasteiger partial charge in [0, 0.05) is 31.2 Å². The number of benzene rings is 3. The number of aryl methyl sites for hydroxylation is 3. The van der Waals surface area contributed by atoms with Crippen molar-refractivity contribution < 1.29 is 86.7 Å². The average molecular weight is 1140 g/mol. The summed E-state index contributed by atoms with van der Waals surface area (Å²) < 4.78 is 102. The van der Waals surface area contributed by atoms with Crippen LogP contribution in [0.5, 0.6) is 0 Å². The summed E-state index contributed by atoms with van der Waals surface area (Å²) in [7, 11) is -15.5. The van der Waals surface area contributed by atoms with Crippen LogP contribution in [0, 0.1) is 0 Å². The van der Waals surface area contributed by atoms with Crippen molar-refractivity contribution in [2.45, 2.75) is 233 Å². The first kappa shape index (κ1) is 78.2. The van der Waals surface area contributed by atoms with E-state index in [0.29, 0.717) is 0 Å². The molecule has 0 atom stereocenters. The molecule has 0 heterocycles. The minimum Gasteiger partial charge on any atom is -0.759 e. The second kappa shape index (κ2) is 57.6. The molecule has 2 radical (unpaired) electrons. The minimum atomic E-state index is -5.17. The Balaban J connectivity index is -0.000000264. The van der Waals surface area contributed by atoms with Crippen molar-refractivity contribution in [1.82, 2.24) is 0 Å². The Morgan fingerprint density at radius 3 is 0.521 bits per heavy atom. The molecule has 0 unspecified atom stereocenters. The molecule has 3 rings (SSSR count). The SMILES string of the molecule is CCCCCCCCCCCCc1ccccc1.CCCCCCCCCCCCc1ccccc1.CCCCCCCCCCCCc1ccccc1.O=S(=O)([O-])[O-].O=S(=O)([O-])[O-].O=S(=O)([O-])[O-].[Fe+3].[Fe+3]. The van der Waals surface area contributed by atoms with Crippen molar-refractivity contribution in [3.05, 3.63) is 108 Å². The predicted molar refractivity (Wildman–Crippen MR) is 277 cm³/mol. The molecule has 3 aromatic rings. The van der Waals surface area contributed by atoms with Crippen LogP contribution in [0.3, 0.4) is 0 Å². The average Bonchev–Trinajstić information content (AvgIpc) is 3.28. The van der Waals surface area contributed by atoms with Gasteiger partial charge < -0.3 is 27.3 Å². The Bertz CT molecular complexity index is 1570. The zero-order valence-electron chi connectivity index (χ0n) is 43.3. The molecule has 17 heteroatoms. The number of rotatable bonds is 33. The number of unbranched alkanes of at least 4 members (excludes halogenated alkanes) is 27. The first-order valence-corrected chi connectivity index (χ1v) is 29.9. The third-order valence-corrected chi connectivity index (χ3v) is 11.0. The van der Waals surface area contributed by atoms with Gasteiger partial charge in [-0.05, 0) is 55.2 Å². The Hall–Kier alpha value is -1.69. The molecule has 0 fully saturated rings. The molecule has 0 amide bonds. The molecule has 12 nitrogen and oxygen atoms in total. The molecular formula is C54H90Fe2O12S3. The molecule has 0 bridgehead atoms. The van der Waals surface area contributed by atoms with E-state index < -0.39 is 31.2 Å². The van der Waals surface area contributed by atoms with Crippen molar-refractivity contribution in [2.75, 3.05) is 0 Å². The summed E-state index contributed by atoms with van der Waals surface area (Å²) in [4.78, 5) is 0. The first-order valence-electron chi connectivity index (χ1n) is 25.9. The van der Waals surface area contributed by atoms with Crippen LogP contribution in [0.15, 0.2) is 91.0 Å². The standard InChI is InChI=1S/3C18H30.2Fe.3H2O4S/c3*1-2-3-4-5-6-7-8-9-10-12-15-18-16-13-11-14-17-18;;;3*1-5(2,3)4/h3*11,13-14,16-17H,2-10,12,15H2,1H3;;;3*(H2,1,2,3,4)/q;;;2*+3;;;/p-6. The van der Waals surface area contributed by atoms with Crippen LogP contribution in [0.1, 0.15) is 230 Å². The van der Waals surface area contributed by atoms with Crippen molar-refractivity contribution in [2.24, 2.45) is 0 Å². The van der Waals surface area contributed by atoms with Gasteiger partial charge in [0.05, 0.1) is 0 Å². The first-order chi connectivity index (χ1) is 32.8. The van der Waals surface area contributed by atoms with Crippen molar-refractivity contribution in [1.29, 1.82) is 0 Å². The molecule has 0 aromatic heterocycles. The van der Waals surface area contributed by atoms with E-state index >= 15 is 0 Å². The topological polar surface area (TPSA) is 241 Å². The summed E-state index contributed by atoms with van der Waals surface area (Å²) in [5, 5.41) is 0. The monoisotopic (exact) mass is 1140 g/mol. The molecule has 0 aliphatic heterocycles. The summed E-state index contributed by atoms with van der Waals surface area (Å²) in [6.45, 7) is 6.85. The maximum Gasteiger partial charge on any atom is 3.00 e. The van der Waals surface area contributed by atoms with E-state index in [4.69, 9.17) is 52.6 Å². The van der Waals surface area contributed by atoms with Gasteiger partial charge in [-0.15, -0.1) is 0 Å². The van der Waals surface area contributed by atoms with Gasteiger partial charge in [0.15, 0.2) is 0 Å². The molecular weight excluding hydrogens is 1050 g/mol. The summed E-state index contributed by atoms with van der Waals surface area (Å²) in [5.74, 6) is 0. The minimum absolute atomic E-state index is 0. The molecule has 0 N–H and O–H groups in total. The molecule has 0 saturated heterocycles. The molecule has 412 valence electrons. The summed E-state index contributed by atoms with van der Waals surface area (Å²) in [6, 6.07) is 32.6. The second-order valence-electron chi connectivity index (χ2n) is 17.5. The van der Waals surface area contributed by atoms with E-state index in [1.165, 1.54) is 229 Å². The van der Waals surface area contributed by atoms with E-state index in [9.17, 15) is 0 Å². The predicted octanol–water partition coefficient (Wildman–Crippen LogP) is 14.4. The summed E-state index contributed by atoms with van der Waals surface area (Å²) >= 11 is 0. The van der Waals surface area contributed by atoms with E-state index in [0.717, 1.165) is 0 Å². The van der Waals surface area contributed by atoms with Gasteiger partial charge in [-0.25, -0.2) is 0 Å². The van der Waals surface area contributed by atoms with Crippen LogP contribution in [-0.2, 0) is 84.6 Å². The van der Waals surface area contributed by atoms with Crippen LogP contribution in [0.25, 0.3) is 0 Å². The van der Waals surface area contributed by atoms with Crippen molar-refractivity contribution in [3.8, 4) is 0 Å². The third kappa shape index (κ3) is 88.3. The molecule has 0 aliphatic carbocycles. The molecule has 71 heavy (non-hydrogen) atoms. The fourth-order valence-corrected chi connectivity index (χ4v) is 7.38. The normalized spacial score (nSPS) is 10.6. The Kier molecular flexibility index (Phi) is 63.4. The summed E-state index contributed by atoms with van der Waals surface area (Å²) in [6.07, 6.45) is 46.5. The van der Waals surface area contributed by atoms with E-state index in [-0.39, 0.29) is 34.1 Å². The van der Waals surface area contributed by atoms with Gasteiger partial charge in [0.2, 0.25) is 0 Å². The van der Waals surface area contributed by atoms with E-state index in [2.05, 4.69) is 112 Å². The van der Waals surface area contributed by atoms with Crippen molar-refractivity contribution in [3.63, 3.8) is 0 Å². The fraction of sp³-hybridized carbons (Fsp3) is 0.667. The van der Waals surface area contributed by atoms with Gasteiger partial charge in [-0.3, -0.25) is 25.3 Å². The summed E-state index contributed by atoms with van der Waals surface area (Å²) in [5.41, 5.74) is 4.49. The Labute approximate surface area is 455 Å². The molecule has 3 aromatic carbocycles. The van der Waals surface area contributed by atoms with E-state index in [1.807, 2.05) is 0 Å². The van der Waals surface area contributed by atoms with Gasteiger partial charge in [-0.2, -0.15) is 0 Å². The second-order valence-corrected chi connectivity index (χ2v) is 19.9. The molecule has 0 spiro atoms. The van der Waals surface area contributed by atoms with Gasteiger partial charge >= 0.3 is 34.1 Å². The Morgan fingerprint density at radius 1 is 0.254 bits per heavy atom. The van der Waals surface area contributed by atoms with Crippen LogP contribution in [0.4, 0.5) is 0 Å². The largest absolute Gasteiger partial charge is 3.00 e. The van der Waals surface area contributed by atoms with Gasteiger partial charge in [-0.1, -0.05) is 285 Å². The van der Waals surface area contributed by atoms with E-state index in [1.54, 1.807) is 0 Å². The smallest absolute Gasteiger partial charge is 0.759 e. The maximum atomic E-state index is 8.52. The number of hydrogen-bond acceptors (Lipinski definition) is 12. The molecule has 0 aliphatic rings. The van der Waals surface area contributed by atoms with Crippen molar-refractivity contribution >= 4 is 31.2 Å². The zero-order chi connectivity index (χ0) is 52.2. The van der Waals surface area contributed by atoms with Crippen LogP contribution in [0.2, 0.25) is 0 Å². The van der Waals surface area contributed by atoms with Crippen LogP contribution in [-0.4, -0.2) is 52.6 Å². The molecule has 0 saturated carbocycles. The third-order valence-electron chi connectivity index (χ3n) is 11.0. The van der Waals surface area contributed by atoms with Gasteiger partial charge in [0.1, 0.15) is 0 Å². The Morgan fingerprint density at radius 2 is 0.380 bits per heavy atom. The quantitative estimate of drug-likeness (QED) is 0.0239. The fourth-order valence-electron chi connectivity index (χ4n) is 7.38. The van der Waals surface area contributed by atoms with Crippen LogP contribution < -0.4 is 0 Å². The zero-order valence-corrected chi connectivity index (χ0v) is 48.0. The number of hydrogen-bond donors (Lipinski definition) is 0. The van der Waals surface area contributed by atoms with Crippen LogP contribution >= 0.6 is 0 Å². The maximum absolute atomic E-state index is 8.52.